The first-order valence-electron chi connectivity index (χ1n) is 9.95. The molecule has 0 saturated heterocycles. The van der Waals surface area contributed by atoms with Crippen molar-refractivity contribution in [3.63, 3.8) is 0 Å². The molecule has 0 bridgehead atoms. The van der Waals surface area contributed by atoms with Crippen molar-refractivity contribution < 1.29 is 9.53 Å². The summed E-state index contributed by atoms with van der Waals surface area (Å²) < 4.78 is 7.75. The number of benzene rings is 3. The van der Waals surface area contributed by atoms with Crippen LogP contribution in [-0.4, -0.2) is 22.1 Å². The molecule has 3 aromatic carbocycles. The van der Waals surface area contributed by atoms with Gasteiger partial charge in [-0.1, -0.05) is 29.8 Å². The van der Waals surface area contributed by atoms with Crippen LogP contribution >= 0.6 is 0 Å². The van der Waals surface area contributed by atoms with Crippen molar-refractivity contribution in [3.05, 3.63) is 82.9 Å². The number of rotatable bonds is 5. The third-order valence-corrected chi connectivity index (χ3v) is 5.44. The van der Waals surface area contributed by atoms with Gasteiger partial charge in [-0.3, -0.25) is 4.79 Å². The summed E-state index contributed by atoms with van der Waals surface area (Å²) in [4.78, 5) is 16.4. The zero-order chi connectivity index (χ0) is 20.7. The van der Waals surface area contributed by atoms with Crippen molar-refractivity contribution in [2.75, 3.05) is 11.9 Å². The number of aromatic nitrogens is 2. The van der Waals surface area contributed by atoms with E-state index in [9.17, 15) is 4.79 Å². The van der Waals surface area contributed by atoms with E-state index in [1.54, 1.807) is 12.1 Å². The molecule has 1 aliphatic heterocycles. The molecule has 0 atom stereocenters. The van der Waals surface area contributed by atoms with Crippen LogP contribution in [0.3, 0.4) is 0 Å². The van der Waals surface area contributed by atoms with Crippen molar-refractivity contribution in [2.24, 2.45) is 5.73 Å². The maximum atomic E-state index is 11.6. The van der Waals surface area contributed by atoms with E-state index in [1.807, 2.05) is 24.3 Å². The average Bonchev–Trinajstić information content (AvgIpc) is 3.33. The number of nitrogens with zero attached hydrogens (tertiary/aromatic N) is 2. The van der Waals surface area contributed by atoms with E-state index in [0.717, 1.165) is 35.5 Å². The normalized spacial score (nSPS) is 12.6. The zero-order valence-corrected chi connectivity index (χ0v) is 16.7. The number of ether oxygens (including phenoxy) is 1. The van der Waals surface area contributed by atoms with Crippen molar-refractivity contribution in [3.8, 4) is 5.75 Å². The first kappa shape index (κ1) is 18.2. The summed E-state index contributed by atoms with van der Waals surface area (Å²) in [6, 6.07) is 19.9. The molecule has 150 valence electrons. The second kappa shape index (κ2) is 7.22. The van der Waals surface area contributed by atoms with Gasteiger partial charge in [0.2, 0.25) is 11.9 Å². The van der Waals surface area contributed by atoms with Gasteiger partial charge in [0.25, 0.3) is 0 Å². The molecular formula is C24H22N4O2. The summed E-state index contributed by atoms with van der Waals surface area (Å²) in [6.45, 7) is 3.44. The standard InChI is InChI=1S/C24H22N4O2/c1-15-2-6-19(7-3-15)26-24-27-20-13-18(23(25)29)5-8-21(20)28(24)14-16-4-9-22-17(12-16)10-11-30-22/h2-9,12-13H,10-11,14H2,1H3,(H2,25,29)(H,26,27). The Bertz CT molecular complexity index is 1260. The molecule has 0 unspecified atom stereocenters. The summed E-state index contributed by atoms with van der Waals surface area (Å²) in [5.74, 6) is 1.23. The molecule has 0 saturated carbocycles. The molecule has 3 N–H and O–H groups in total. The number of carbonyl (C=O) groups excluding carboxylic acids is 1. The van der Waals surface area contributed by atoms with Crippen LogP contribution in [0.1, 0.15) is 27.0 Å². The molecule has 6 heteroatoms. The Hall–Kier alpha value is -3.80. The van der Waals surface area contributed by atoms with Gasteiger partial charge in [-0.2, -0.15) is 0 Å². The van der Waals surface area contributed by atoms with Crippen LogP contribution in [0.25, 0.3) is 11.0 Å². The number of primary amides is 1. The van der Waals surface area contributed by atoms with Gasteiger partial charge in [-0.25, -0.2) is 4.98 Å². The number of nitrogens with two attached hydrogens (primary N) is 1. The van der Waals surface area contributed by atoms with Gasteiger partial charge < -0.3 is 20.4 Å². The van der Waals surface area contributed by atoms with Crippen LogP contribution in [-0.2, 0) is 13.0 Å². The maximum Gasteiger partial charge on any atom is 0.248 e. The highest BCUT2D eigenvalue weighted by atomic mass is 16.5. The second-order valence-electron chi connectivity index (χ2n) is 7.62. The number of fused-ring (bicyclic) bond motifs is 2. The van der Waals surface area contributed by atoms with E-state index in [2.05, 4.69) is 41.1 Å². The summed E-state index contributed by atoms with van der Waals surface area (Å²) in [7, 11) is 0. The third kappa shape index (κ3) is 3.37. The maximum absolute atomic E-state index is 11.6. The molecule has 1 amide bonds. The number of amides is 1. The van der Waals surface area contributed by atoms with E-state index < -0.39 is 5.91 Å². The lowest BCUT2D eigenvalue weighted by Crippen LogP contribution is -2.10. The lowest BCUT2D eigenvalue weighted by Gasteiger charge is -2.12. The number of hydrogen-bond donors (Lipinski definition) is 2. The van der Waals surface area contributed by atoms with Crippen molar-refractivity contribution in [1.82, 2.24) is 9.55 Å². The van der Waals surface area contributed by atoms with E-state index in [0.29, 0.717) is 18.1 Å². The minimum Gasteiger partial charge on any atom is -0.493 e. The Morgan fingerprint density at radius 2 is 1.97 bits per heavy atom. The van der Waals surface area contributed by atoms with E-state index in [1.165, 1.54) is 16.7 Å². The number of carbonyl (C=O) groups is 1. The molecule has 0 radical (unpaired) electrons. The van der Waals surface area contributed by atoms with Gasteiger partial charge in [-0.15, -0.1) is 0 Å². The molecule has 1 aromatic heterocycles. The minimum atomic E-state index is -0.460. The van der Waals surface area contributed by atoms with Gasteiger partial charge in [-0.05, 0) is 54.4 Å². The summed E-state index contributed by atoms with van der Waals surface area (Å²) in [5, 5.41) is 3.42. The molecule has 4 aromatic rings. The van der Waals surface area contributed by atoms with Crippen molar-refractivity contribution >= 4 is 28.6 Å². The van der Waals surface area contributed by atoms with Gasteiger partial charge in [0.05, 0.1) is 24.2 Å². The van der Waals surface area contributed by atoms with Gasteiger partial charge >= 0.3 is 0 Å². The molecular weight excluding hydrogens is 376 g/mol. The topological polar surface area (TPSA) is 82.2 Å². The highest BCUT2D eigenvalue weighted by Crippen LogP contribution is 2.29. The van der Waals surface area contributed by atoms with Crippen LogP contribution in [0.5, 0.6) is 5.75 Å². The predicted molar refractivity (Wildman–Crippen MR) is 117 cm³/mol. The Kier molecular flexibility index (Phi) is 4.39. The minimum absolute atomic E-state index is 0.448. The lowest BCUT2D eigenvalue weighted by atomic mass is 10.1. The van der Waals surface area contributed by atoms with Gasteiger partial charge in [0.15, 0.2) is 0 Å². The van der Waals surface area contributed by atoms with Crippen molar-refractivity contribution in [1.29, 1.82) is 0 Å². The average molecular weight is 398 g/mol. The number of nitrogens with one attached hydrogen (secondary N) is 1. The molecule has 5 rings (SSSR count). The Morgan fingerprint density at radius 1 is 1.13 bits per heavy atom. The van der Waals surface area contributed by atoms with Crippen LogP contribution in [0.4, 0.5) is 11.6 Å². The number of imidazole rings is 1. The molecule has 30 heavy (non-hydrogen) atoms. The largest absolute Gasteiger partial charge is 0.493 e. The molecule has 0 aliphatic carbocycles. The summed E-state index contributed by atoms with van der Waals surface area (Å²) in [6.07, 6.45) is 0.935. The first-order valence-corrected chi connectivity index (χ1v) is 9.95. The Morgan fingerprint density at radius 3 is 2.77 bits per heavy atom. The van der Waals surface area contributed by atoms with Gasteiger partial charge in [0, 0.05) is 17.7 Å². The molecule has 0 spiro atoms. The fraction of sp³-hybridized carbons (Fsp3) is 0.167. The monoisotopic (exact) mass is 398 g/mol. The first-order chi connectivity index (χ1) is 14.6. The summed E-state index contributed by atoms with van der Waals surface area (Å²) in [5.41, 5.74) is 12.1. The molecule has 6 nitrogen and oxygen atoms in total. The number of anilines is 2. The highest BCUT2D eigenvalue weighted by Gasteiger charge is 2.16. The molecule has 2 heterocycles. The quantitative estimate of drug-likeness (QED) is 0.529. The predicted octanol–water partition coefficient (Wildman–Crippen LogP) is 4.17. The van der Waals surface area contributed by atoms with E-state index in [4.69, 9.17) is 15.5 Å². The molecule has 1 aliphatic rings. The van der Waals surface area contributed by atoms with Crippen molar-refractivity contribution in [2.45, 2.75) is 19.9 Å². The second-order valence-corrected chi connectivity index (χ2v) is 7.62. The lowest BCUT2D eigenvalue weighted by molar-refractivity contribution is 0.100. The van der Waals surface area contributed by atoms with E-state index >= 15 is 0 Å². The Balaban J connectivity index is 1.58. The third-order valence-electron chi connectivity index (χ3n) is 5.44. The Labute approximate surface area is 174 Å². The van der Waals surface area contributed by atoms with Crippen LogP contribution < -0.4 is 15.8 Å². The zero-order valence-electron chi connectivity index (χ0n) is 16.7. The summed E-state index contributed by atoms with van der Waals surface area (Å²) >= 11 is 0. The van der Waals surface area contributed by atoms with Crippen LogP contribution in [0, 0.1) is 6.92 Å². The van der Waals surface area contributed by atoms with Crippen LogP contribution in [0.2, 0.25) is 0 Å². The number of aryl methyl sites for hydroxylation is 1. The van der Waals surface area contributed by atoms with E-state index in [-0.39, 0.29) is 0 Å². The highest BCUT2D eigenvalue weighted by molar-refractivity contribution is 5.96. The number of hydrogen-bond acceptors (Lipinski definition) is 4. The van der Waals surface area contributed by atoms with Crippen LogP contribution in [0.15, 0.2) is 60.7 Å². The SMILES string of the molecule is Cc1ccc(Nc2nc3cc(C(N)=O)ccc3n2Cc2ccc3c(c2)CCO3)cc1. The molecule has 0 fully saturated rings. The smallest absolute Gasteiger partial charge is 0.248 e. The fourth-order valence-corrected chi connectivity index (χ4v) is 3.83. The van der Waals surface area contributed by atoms with Gasteiger partial charge in [0.1, 0.15) is 5.75 Å². The fourth-order valence-electron chi connectivity index (χ4n) is 3.83.